The van der Waals surface area contributed by atoms with Crippen molar-refractivity contribution in [2.24, 2.45) is 52.3 Å². The Morgan fingerprint density at radius 2 is 1.64 bits per heavy atom. The topological polar surface area (TPSA) is 160 Å². The van der Waals surface area contributed by atoms with E-state index in [0.29, 0.717) is 43.1 Å². The van der Waals surface area contributed by atoms with E-state index in [1.807, 2.05) is 18.7 Å². The van der Waals surface area contributed by atoms with Gasteiger partial charge >= 0.3 is 20.8 Å². The quantitative estimate of drug-likeness (QED) is 0.152. The van der Waals surface area contributed by atoms with Gasteiger partial charge in [0.25, 0.3) is 0 Å². The second kappa shape index (κ2) is 14.4. The van der Waals surface area contributed by atoms with Gasteiger partial charge in [-0.05, 0) is 136 Å². The van der Waals surface area contributed by atoms with E-state index in [0.717, 1.165) is 83.8 Å². The maximum absolute atomic E-state index is 12.3. The minimum Gasteiger partial charge on any atom is -0.343 e. The molecule has 11 atom stereocenters. The molecular formula is C34H60N2O9S2. The molecule has 11 nitrogen and oxygen atoms in total. The Morgan fingerprint density at radius 3 is 2.28 bits per heavy atom. The maximum atomic E-state index is 12.3. The van der Waals surface area contributed by atoms with Crippen molar-refractivity contribution < 1.29 is 39.1 Å². The molecule has 0 spiro atoms. The van der Waals surface area contributed by atoms with Gasteiger partial charge in [0.1, 0.15) is 0 Å². The third-order valence-electron chi connectivity index (χ3n) is 13.8. The summed E-state index contributed by atoms with van der Waals surface area (Å²) in [6.07, 6.45) is 10.5. The summed E-state index contributed by atoms with van der Waals surface area (Å²) in [5, 5.41) is 3.74. The van der Waals surface area contributed by atoms with Crippen LogP contribution in [0.3, 0.4) is 0 Å². The fraction of sp³-hybridized carbons (Fsp3) is 0.971. The lowest BCUT2D eigenvalue weighted by Crippen LogP contribution is -2.60. The van der Waals surface area contributed by atoms with Crippen molar-refractivity contribution in [3.8, 4) is 0 Å². The number of hydrogen-bond donors (Lipinski definition) is 3. The van der Waals surface area contributed by atoms with Crippen LogP contribution in [0, 0.1) is 52.3 Å². The van der Waals surface area contributed by atoms with Crippen LogP contribution in [-0.4, -0.2) is 74.6 Å². The van der Waals surface area contributed by atoms with E-state index >= 15 is 0 Å². The average molecular weight is 705 g/mol. The predicted octanol–water partition coefficient (Wildman–Crippen LogP) is 5.67. The molecule has 5 aliphatic rings. The summed E-state index contributed by atoms with van der Waals surface area (Å²) in [6.45, 7) is 13.3. The zero-order valence-corrected chi connectivity index (χ0v) is 30.7. The Balaban J connectivity index is 1.26. The molecule has 1 aliphatic heterocycles. The highest BCUT2D eigenvalue weighted by Crippen LogP contribution is 2.69. The van der Waals surface area contributed by atoms with Crippen LogP contribution in [0.2, 0.25) is 0 Å². The zero-order valence-electron chi connectivity index (χ0n) is 29.1. The molecule has 5 rings (SSSR count). The largest absolute Gasteiger partial charge is 0.397 e. The number of carbonyl (C=O) groups is 1. The normalized spacial score (nSPS) is 39.0. The molecule has 1 heterocycles. The molecule has 0 bridgehead atoms. The molecule has 4 saturated carbocycles. The summed E-state index contributed by atoms with van der Waals surface area (Å²) in [5.74, 6) is 1.81. The van der Waals surface area contributed by atoms with E-state index in [2.05, 4.69) is 26.1 Å². The highest BCUT2D eigenvalue weighted by molar-refractivity contribution is 7.81. The van der Waals surface area contributed by atoms with Gasteiger partial charge in [0, 0.05) is 25.6 Å². The Bertz CT molecular complexity index is 1330. The number of hydrogen-bond acceptors (Lipinski definition) is 8. The van der Waals surface area contributed by atoms with E-state index in [1.54, 1.807) is 0 Å². The smallest absolute Gasteiger partial charge is 0.343 e. The highest BCUT2D eigenvalue weighted by atomic mass is 32.3. The second-order valence-electron chi connectivity index (χ2n) is 16.6. The Morgan fingerprint density at radius 1 is 0.936 bits per heavy atom. The number of nitrogens with one attached hydrogen (secondary N) is 1. The fourth-order valence-electron chi connectivity index (χ4n) is 11.4. The van der Waals surface area contributed by atoms with Gasteiger partial charge in [-0.15, -0.1) is 0 Å². The van der Waals surface area contributed by atoms with Gasteiger partial charge in [-0.3, -0.25) is 13.9 Å². The first-order valence-electron chi connectivity index (χ1n) is 18.2. The Hall–Kier alpha value is -0.830. The first-order chi connectivity index (χ1) is 21.9. The number of nitrogens with zero attached hydrogens (tertiary/aromatic N) is 1. The summed E-state index contributed by atoms with van der Waals surface area (Å²) in [7, 11) is -9.16. The van der Waals surface area contributed by atoms with Gasteiger partial charge < -0.3 is 10.2 Å². The molecule has 47 heavy (non-hydrogen) atoms. The van der Waals surface area contributed by atoms with Crippen LogP contribution in [0.4, 0.5) is 0 Å². The lowest BCUT2D eigenvalue weighted by Gasteiger charge is -2.63. The second-order valence-corrected chi connectivity index (χ2v) is 18.7. The molecule has 0 aromatic rings. The molecule has 272 valence electrons. The molecule has 3 N–H and O–H groups in total. The summed E-state index contributed by atoms with van der Waals surface area (Å²) >= 11 is 0. The van der Waals surface area contributed by atoms with Crippen LogP contribution in [-0.2, 0) is 34.0 Å². The lowest BCUT2D eigenvalue weighted by atomic mass is 9.43. The van der Waals surface area contributed by atoms with Gasteiger partial charge in [-0.2, -0.15) is 16.8 Å². The van der Waals surface area contributed by atoms with Gasteiger partial charge in [0.05, 0.1) is 12.2 Å². The van der Waals surface area contributed by atoms with E-state index in [9.17, 15) is 30.7 Å². The third-order valence-corrected chi connectivity index (χ3v) is 14.7. The SMILES string of the molecule is CC(C)[C@H](CC[C@@H](C)[C@H]1CC[C@H]2[C@@H]3[C@H](OS(=O)(=O)O)C[C@H]4C[C@@H](NCCCN5CCCC5=O)CC[C@]4(C)[C@H]3CC[C@]12C)OS(=O)(=O)O. The van der Waals surface area contributed by atoms with Crippen molar-refractivity contribution in [2.45, 2.75) is 136 Å². The van der Waals surface area contributed by atoms with Crippen LogP contribution in [0.5, 0.6) is 0 Å². The standard InChI is InChI=1S/C34H60N2O9S2/c1-22(2)29(44-46(38,39)40)12-9-23(3)26-10-11-27-32-28(14-16-34(26,27)5)33(4)15-13-25(20-24(33)21-30(32)45-47(41,42)43)35-17-7-19-36-18-6-8-31(36)37/h22-30,32,35H,6-21H2,1-5H3,(H,38,39,40)(H,41,42,43)/t23-,24-,25+,26-,27+,28+,29+,30-,32+,33+,34-/m1/s1. The number of rotatable bonds is 14. The van der Waals surface area contributed by atoms with Crippen LogP contribution < -0.4 is 5.32 Å². The molecule has 13 heteroatoms. The van der Waals surface area contributed by atoms with Gasteiger partial charge in [-0.1, -0.05) is 34.6 Å². The monoisotopic (exact) mass is 704 g/mol. The van der Waals surface area contributed by atoms with Crippen molar-refractivity contribution in [2.75, 3.05) is 19.6 Å². The minimum atomic E-state index is -4.63. The van der Waals surface area contributed by atoms with Gasteiger partial charge in [-0.25, -0.2) is 8.37 Å². The van der Waals surface area contributed by atoms with Crippen LogP contribution in [0.15, 0.2) is 0 Å². The van der Waals surface area contributed by atoms with Crippen molar-refractivity contribution in [3.05, 3.63) is 0 Å². The molecule has 0 unspecified atom stereocenters. The molecule has 5 fully saturated rings. The maximum Gasteiger partial charge on any atom is 0.397 e. The van der Waals surface area contributed by atoms with Crippen molar-refractivity contribution in [1.29, 1.82) is 0 Å². The van der Waals surface area contributed by atoms with Crippen LogP contribution in [0.1, 0.15) is 118 Å². The minimum absolute atomic E-state index is 0.0165. The summed E-state index contributed by atoms with van der Waals surface area (Å²) < 4.78 is 77.3. The number of amides is 1. The number of carbonyl (C=O) groups excluding carboxylic acids is 1. The molecule has 1 saturated heterocycles. The molecule has 4 aliphatic carbocycles. The third kappa shape index (κ3) is 8.39. The molecule has 0 aromatic heterocycles. The molecule has 1 amide bonds. The predicted molar refractivity (Wildman–Crippen MR) is 179 cm³/mol. The van der Waals surface area contributed by atoms with E-state index in [1.165, 1.54) is 0 Å². The van der Waals surface area contributed by atoms with Gasteiger partial charge in [0.15, 0.2) is 0 Å². The lowest BCUT2D eigenvalue weighted by molar-refractivity contribution is -0.160. The number of fused-ring (bicyclic) bond motifs is 5. The molecule has 0 aromatic carbocycles. The number of likely N-dealkylation sites (tertiary alicyclic amines) is 1. The van der Waals surface area contributed by atoms with E-state index in [4.69, 9.17) is 8.37 Å². The van der Waals surface area contributed by atoms with Gasteiger partial charge in [0.2, 0.25) is 5.91 Å². The average Bonchev–Trinajstić information content (AvgIpc) is 3.54. The van der Waals surface area contributed by atoms with Crippen LogP contribution in [0.25, 0.3) is 0 Å². The summed E-state index contributed by atoms with van der Waals surface area (Å²) in [4.78, 5) is 13.9. The fourth-order valence-corrected chi connectivity index (χ4v) is 12.6. The van der Waals surface area contributed by atoms with Crippen molar-refractivity contribution in [3.63, 3.8) is 0 Å². The summed E-state index contributed by atoms with van der Waals surface area (Å²) in [5.41, 5.74) is 0.0594. The van der Waals surface area contributed by atoms with Crippen molar-refractivity contribution >= 4 is 26.7 Å². The molecular weight excluding hydrogens is 645 g/mol. The Kier molecular flexibility index (Phi) is 11.5. The van der Waals surface area contributed by atoms with E-state index in [-0.39, 0.29) is 40.4 Å². The highest BCUT2D eigenvalue weighted by Gasteiger charge is 2.63. The van der Waals surface area contributed by atoms with E-state index < -0.39 is 33.0 Å². The first kappa shape index (κ1) is 37.4. The summed E-state index contributed by atoms with van der Waals surface area (Å²) in [6, 6.07) is 0.343. The van der Waals surface area contributed by atoms with Crippen molar-refractivity contribution in [1.82, 2.24) is 10.2 Å². The zero-order chi connectivity index (χ0) is 34.4. The Labute approximate surface area is 283 Å². The van der Waals surface area contributed by atoms with Crippen LogP contribution >= 0.6 is 0 Å². The molecule has 0 radical (unpaired) electrons. The first-order valence-corrected chi connectivity index (χ1v) is 21.0.